The van der Waals surface area contributed by atoms with E-state index < -0.39 is 0 Å². The Labute approximate surface area is 146 Å². The Morgan fingerprint density at radius 1 is 1.12 bits per heavy atom. The topological polar surface area (TPSA) is 49.3 Å². The van der Waals surface area contributed by atoms with E-state index in [1.807, 2.05) is 23.1 Å². The Balaban J connectivity index is 1.59. The molecule has 124 valence electrons. The normalized spacial score (nSPS) is 20.1. The third-order valence-electron chi connectivity index (χ3n) is 4.79. The second-order valence-electron chi connectivity index (χ2n) is 6.27. The van der Waals surface area contributed by atoms with E-state index in [0.29, 0.717) is 16.7 Å². The molecular formula is C18H19ClN4O. The number of halogens is 1. The van der Waals surface area contributed by atoms with Crippen molar-refractivity contribution in [1.82, 2.24) is 14.9 Å². The first-order valence-electron chi connectivity index (χ1n) is 8.37. The van der Waals surface area contributed by atoms with Crippen molar-refractivity contribution in [3.63, 3.8) is 0 Å². The van der Waals surface area contributed by atoms with Crippen molar-refractivity contribution < 1.29 is 4.79 Å². The molecule has 1 aromatic heterocycles. The lowest BCUT2D eigenvalue weighted by Crippen LogP contribution is -2.45. The summed E-state index contributed by atoms with van der Waals surface area (Å²) in [6.07, 6.45) is 4.79. The summed E-state index contributed by atoms with van der Waals surface area (Å²) in [6, 6.07) is 10.2. The number of hydrogen-bond acceptors (Lipinski definition) is 4. The molecule has 0 saturated carbocycles. The van der Waals surface area contributed by atoms with Crippen LogP contribution in [0.15, 0.2) is 36.5 Å². The van der Waals surface area contributed by atoms with E-state index in [2.05, 4.69) is 27.0 Å². The molecule has 2 saturated heterocycles. The summed E-state index contributed by atoms with van der Waals surface area (Å²) >= 11 is 6.23. The standard InChI is InChI=1S/C18H19ClN4O/c19-14-12-20-18(22-9-4-5-10-22)21-16(14)17(24)23-11-8-15(23)13-6-2-1-3-7-13/h1-3,6-7,12,15H,4-5,8-11H2/t15-/m0/s1. The molecule has 0 unspecified atom stereocenters. The molecule has 0 bridgehead atoms. The van der Waals surface area contributed by atoms with E-state index in [4.69, 9.17) is 11.6 Å². The number of carbonyl (C=O) groups is 1. The highest BCUT2D eigenvalue weighted by molar-refractivity contribution is 6.33. The fraction of sp³-hybridized carbons (Fsp3) is 0.389. The lowest BCUT2D eigenvalue weighted by atomic mass is 9.94. The summed E-state index contributed by atoms with van der Waals surface area (Å²) in [5.74, 6) is 0.500. The maximum atomic E-state index is 12.9. The Kier molecular flexibility index (Phi) is 4.10. The monoisotopic (exact) mass is 342 g/mol. The smallest absolute Gasteiger partial charge is 0.274 e. The number of hydrogen-bond donors (Lipinski definition) is 0. The molecule has 4 rings (SSSR count). The van der Waals surface area contributed by atoms with Crippen LogP contribution >= 0.6 is 11.6 Å². The molecule has 24 heavy (non-hydrogen) atoms. The van der Waals surface area contributed by atoms with Gasteiger partial charge in [0.2, 0.25) is 5.95 Å². The lowest BCUT2D eigenvalue weighted by Gasteiger charge is -2.41. The summed E-state index contributed by atoms with van der Waals surface area (Å²) < 4.78 is 0. The number of benzene rings is 1. The minimum Gasteiger partial charge on any atom is -0.341 e. The molecule has 0 radical (unpaired) electrons. The Morgan fingerprint density at radius 3 is 2.54 bits per heavy atom. The first kappa shape index (κ1) is 15.4. The number of anilines is 1. The van der Waals surface area contributed by atoms with E-state index >= 15 is 0 Å². The van der Waals surface area contributed by atoms with E-state index in [1.165, 1.54) is 0 Å². The molecule has 6 heteroatoms. The number of carbonyl (C=O) groups excluding carboxylic acids is 1. The van der Waals surface area contributed by atoms with Crippen LogP contribution in [0.3, 0.4) is 0 Å². The second kappa shape index (κ2) is 6.40. The fourth-order valence-electron chi connectivity index (χ4n) is 3.37. The number of rotatable bonds is 3. The van der Waals surface area contributed by atoms with E-state index in [-0.39, 0.29) is 11.9 Å². The fourth-order valence-corrected chi connectivity index (χ4v) is 3.54. The van der Waals surface area contributed by atoms with Crippen LogP contribution < -0.4 is 4.90 Å². The summed E-state index contributed by atoms with van der Waals surface area (Å²) in [4.78, 5) is 25.7. The highest BCUT2D eigenvalue weighted by Gasteiger charge is 2.35. The molecule has 2 fully saturated rings. The minimum atomic E-state index is -0.108. The van der Waals surface area contributed by atoms with E-state index in [9.17, 15) is 4.79 Å². The highest BCUT2D eigenvalue weighted by Crippen LogP contribution is 2.35. The first-order chi connectivity index (χ1) is 11.7. The Bertz CT molecular complexity index is 746. The van der Waals surface area contributed by atoms with Gasteiger partial charge in [-0.25, -0.2) is 9.97 Å². The molecule has 1 atom stereocenters. The molecule has 0 aliphatic carbocycles. The van der Waals surface area contributed by atoms with Gasteiger partial charge in [-0.3, -0.25) is 4.79 Å². The zero-order chi connectivity index (χ0) is 16.5. The van der Waals surface area contributed by atoms with Crippen LogP contribution in [0.25, 0.3) is 0 Å². The number of nitrogens with zero attached hydrogens (tertiary/aromatic N) is 4. The average molecular weight is 343 g/mol. The second-order valence-corrected chi connectivity index (χ2v) is 6.68. The van der Waals surface area contributed by atoms with Crippen molar-refractivity contribution in [3.8, 4) is 0 Å². The number of amides is 1. The molecular weight excluding hydrogens is 324 g/mol. The number of aromatic nitrogens is 2. The highest BCUT2D eigenvalue weighted by atomic mass is 35.5. The van der Waals surface area contributed by atoms with Gasteiger partial charge >= 0.3 is 0 Å². The molecule has 2 aliphatic rings. The molecule has 0 spiro atoms. The number of likely N-dealkylation sites (tertiary alicyclic amines) is 1. The van der Waals surface area contributed by atoms with Gasteiger partial charge in [-0.05, 0) is 24.8 Å². The van der Waals surface area contributed by atoms with Crippen LogP contribution in [0.4, 0.5) is 5.95 Å². The molecule has 1 aromatic carbocycles. The molecule has 3 heterocycles. The Hall–Kier alpha value is -2.14. The van der Waals surface area contributed by atoms with Gasteiger partial charge in [0.15, 0.2) is 5.69 Å². The van der Waals surface area contributed by atoms with Crippen LogP contribution in [0.2, 0.25) is 5.02 Å². The Morgan fingerprint density at radius 2 is 1.88 bits per heavy atom. The molecule has 0 N–H and O–H groups in total. The third-order valence-corrected chi connectivity index (χ3v) is 5.06. The van der Waals surface area contributed by atoms with Gasteiger partial charge in [-0.1, -0.05) is 41.9 Å². The van der Waals surface area contributed by atoms with Gasteiger partial charge in [0.05, 0.1) is 17.3 Å². The van der Waals surface area contributed by atoms with E-state index in [0.717, 1.165) is 44.5 Å². The zero-order valence-corrected chi connectivity index (χ0v) is 14.1. The van der Waals surface area contributed by atoms with Crippen LogP contribution in [0.5, 0.6) is 0 Å². The summed E-state index contributed by atoms with van der Waals surface area (Å²) in [5, 5.41) is 0.321. The van der Waals surface area contributed by atoms with Crippen LogP contribution in [0, 0.1) is 0 Å². The maximum absolute atomic E-state index is 12.9. The maximum Gasteiger partial charge on any atom is 0.274 e. The van der Waals surface area contributed by atoms with Crippen molar-refractivity contribution in [2.45, 2.75) is 25.3 Å². The summed E-state index contributed by atoms with van der Waals surface area (Å²) in [7, 11) is 0. The largest absolute Gasteiger partial charge is 0.341 e. The SMILES string of the molecule is O=C(c1nc(N2CCCC2)ncc1Cl)N1CC[C@H]1c1ccccc1. The van der Waals surface area contributed by atoms with Gasteiger partial charge in [0, 0.05) is 19.6 Å². The quantitative estimate of drug-likeness (QED) is 0.858. The van der Waals surface area contributed by atoms with Crippen LogP contribution in [-0.4, -0.2) is 40.4 Å². The predicted molar refractivity (Wildman–Crippen MR) is 93.3 cm³/mol. The predicted octanol–water partition coefficient (Wildman–Crippen LogP) is 3.32. The van der Waals surface area contributed by atoms with Gasteiger partial charge in [-0.2, -0.15) is 0 Å². The van der Waals surface area contributed by atoms with Gasteiger partial charge in [0.25, 0.3) is 5.91 Å². The summed E-state index contributed by atoms with van der Waals surface area (Å²) in [5.41, 5.74) is 1.47. The summed E-state index contributed by atoms with van der Waals surface area (Å²) in [6.45, 7) is 2.61. The molecule has 2 aromatic rings. The lowest BCUT2D eigenvalue weighted by molar-refractivity contribution is 0.0454. The molecule has 5 nitrogen and oxygen atoms in total. The van der Waals surface area contributed by atoms with Crippen LogP contribution in [0.1, 0.15) is 41.4 Å². The van der Waals surface area contributed by atoms with Crippen LogP contribution in [-0.2, 0) is 0 Å². The molecule has 2 aliphatic heterocycles. The van der Waals surface area contributed by atoms with Gasteiger partial charge in [0.1, 0.15) is 0 Å². The minimum absolute atomic E-state index is 0.108. The van der Waals surface area contributed by atoms with Crippen molar-refractivity contribution in [2.75, 3.05) is 24.5 Å². The van der Waals surface area contributed by atoms with Crippen molar-refractivity contribution >= 4 is 23.5 Å². The van der Waals surface area contributed by atoms with E-state index in [1.54, 1.807) is 6.20 Å². The van der Waals surface area contributed by atoms with Gasteiger partial charge in [-0.15, -0.1) is 0 Å². The first-order valence-corrected chi connectivity index (χ1v) is 8.75. The van der Waals surface area contributed by atoms with Gasteiger partial charge < -0.3 is 9.80 Å². The van der Waals surface area contributed by atoms with Crippen molar-refractivity contribution in [2.24, 2.45) is 0 Å². The third kappa shape index (κ3) is 2.73. The zero-order valence-electron chi connectivity index (χ0n) is 13.4. The molecule has 1 amide bonds. The van der Waals surface area contributed by atoms with Crippen molar-refractivity contribution in [1.29, 1.82) is 0 Å². The average Bonchev–Trinajstić information content (AvgIpc) is 3.09. The van der Waals surface area contributed by atoms with Crippen molar-refractivity contribution in [3.05, 3.63) is 52.8 Å².